The molecule has 1 aliphatic heterocycles. The molecule has 0 spiro atoms. The summed E-state index contributed by atoms with van der Waals surface area (Å²) in [6.45, 7) is 0. The van der Waals surface area contributed by atoms with Gasteiger partial charge in [-0.2, -0.15) is 0 Å². The minimum Gasteiger partial charge on any atom is -0.241 e. The summed E-state index contributed by atoms with van der Waals surface area (Å²) in [5.41, 5.74) is 0. The molecule has 1 aliphatic rings. The second-order valence-corrected chi connectivity index (χ2v) is 0.817. The van der Waals surface area contributed by atoms with Crippen LogP contribution < -0.4 is 5.84 Å². The Kier molecular flexibility index (Phi) is 0.403. The predicted molar refractivity (Wildman–Crippen MR) is 16.3 cm³/mol. The lowest BCUT2D eigenvalue weighted by Gasteiger charge is -2.08. The number of amides is 2. The summed E-state index contributed by atoms with van der Waals surface area (Å²) in [5.74, 6) is 4.75. The summed E-state index contributed by atoms with van der Waals surface area (Å²) < 4.78 is 0. The van der Waals surface area contributed by atoms with Crippen molar-refractivity contribution >= 4 is 6.03 Å². The van der Waals surface area contributed by atoms with E-state index in [1.165, 1.54) is 0 Å². The van der Waals surface area contributed by atoms with Gasteiger partial charge >= 0.3 is 6.03 Å². The standard InChI is InChI=1S/CH2N4O/c2-5-1(6)3-4-5/h2H2. The number of hydrogen-bond donors (Lipinski definition) is 1. The monoisotopic (exact) mass is 86.0 g/mol. The van der Waals surface area contributed by atoms with Crippen molar-refractivity contribution in [1.29, 1.82) is 0 Å². The molecule has 0 saturated carbocycles. The fraction of sp³-hybridized carbons (Fsp3) is 0. The summed E-state index contributed by atoms with van der Waals surface area (Å²) in [6, 6.07) is -0.491. The topological polar surface area (TPSA) is 71.0 Å². The van der Waals surface area contributed by atoms with Crippen molar-refractivity contribution < 1.29 is 4.79 Å². The molecule has 5 nitrogen and oxygen atoms in total. The van der Waals surface area contributed by atoms with Gasteiger partial charge in [-0.1, -0.05) is 5.11 Å². The Bertz CT molecular complexity index is 106. The molecule has 0 aliphatic carbocycles. The van der Waals surface area contributed by atoms with Crippen LogP contribution in [0.5, 0.6) is 0 Å². The Morgan fingerprint density at radius 2 is 2.33 bits per heavy atom. The maximum atomic E-state index is 9.77. The fourth-order valence-electron chi connectivity index (χ4n) is 0.133. The van der Waals surface area contributed by atoms with Gasteiger partial charge in [-0.3, -0.25) is 0 Å². The van der Waals surface area contributed by atoms with E-state index in [0.717, 1.165) is 0 Å². The van der Waals surface area contributed by atoms with Crippen LogP contribution in [-0.2, 0) is 0 Å². The van der Waals surface area contributed by atoms with Crippen LogP contribution in [0.3, 0.4) is 0 Å². The first-order valence-corrected chi connectivity index (χ1v) is 1.31. The van der Waals surface area contributed by atoms with E-state index < -0.39 is 6.03 Å². The average molecular weight is 86.1 g/mol. The van der Waals surface area contributed by atoms with Crippen molar-refractivity contribution in [3.63, 3.8) is 0 Å². The molecule has 0 aromatic rings. The van der Waals surface area contributed by atoms with E-state index in [9.17, 15) is 4.79 Å². The molecular weight excluding hydrogens is 84.0 g/mol. The van der Waals surface area contributed by atoms with Crippen LogP contribution in [0.2, 0.25) is 0 Å². The molecule has 0 aromatic heterocycles. The van der Waals surface area contributed by atoms with Gasteiger partial charge in [0.1, 0.15) is 0 Å². The molecule has 2 N–H and O–H groups in total. The largest absolute Gasteiger partial charge is 0.400 e. The third-order valence-corrected chi connectivity index (χ3v) is 0.423. The van der Waals surface area contributed by atoms with Gasteiger partial charge < -0.3 is 0 Å². The molecule has 0 bridgehead atoms. The number of urea groups is 1. The zero-order valence-electron chi connectivity index (χ0n) is 2.83. The molecule has 0 unspecified atom stereocenters. The molecule has 1 heterocycles. The first-order valence-electron chi connectivity index (χ1n) is 1.31. The van der Waals surface area contributed by atoms with Crippen LogP contribution >= 0.6 is 0 Å². The van der Waals surface area contributed by atoms with Crippen LogP contribution in [0.25, 0.3) is 0 Å². The molecule has 0 saturated heterocycles. The summed E-state index contributed by atoms with van der Waals surface area (Å²) in [7, 11) is 0. The Morgan fingerprint density at radius 3 is 2.33 bits per heavy atom. The first kappa shape index (κ1) is 3.23. The van der Waals surface area contributed by atoms with Crippen molar-refractivity contribution in [2.24, 2.45) is 16.2 Å². The third kappa shape index (κ3) is 0.194. The lowest BCUT2D eigenvalue weighted by molar-refractivity contribution is 0.180. The van der Waals surface area contributed by atoms with E-state index in [4.69, 9.17) is 5.84 Å². The fourth-order valence-corrected chi connectivity index (χ4v) is 0.133. The van der Waals surface area contributed by atoms with E-state index in [1.807, 2.05) is 0 Å². The SMILES string of the molecule is NN1N=NC1=O. The van der Waals surface area contributed by atoms with Gasteiger partial charge in [0.2, 0.25) is 0 Å². The third-order valence-electron chi connectivity index (χ3n) is 0.423. The highest BCUT2D eigenvalue weighted by molar-refractivity contribution is 5.76. The van der Waals surface area contributed by atoms with Gasteiger partial charge in [0.15, 0.2) is 0 Å². The molecule has 0 atom stereocenters. The molecule has 5 heteroatoms. The van der Waals surface area contributed by atoms with Gasteiger partial charge in [0.05, 0.1) is 0 Å². The predicted octanol–water partition coefficient (Wildman–Crippen LogP) is -0.337. The quantitative estimate of drug-likeness (QED) is 0.323. The maximum absolute atomic E-state index is 9.77. The van der Waals surface area contributed by atoms with Crippen molar-refractivity contribution in [3.8, 4) is 0 Å². The number of carbonyl (C=O) groups is 1. The molecule has 6 heavy (non-hydrogen) atoms. The second-order valence-electron chi connectivity index (χ2n) is 0.817. The number of hydrogen-bond acceptors (Lipinski definition) is 3. The van der Waals surface area contributed by atoms with Crippen molar-refractivity contribution in [1.82, 2.24) is 5.12 Å². The molecule has 32 valence electrons. The van der Waals surface area contributed by atoms with Crippen LogP contribution in [-0.4, -0.2) is 11.1 Å². The smallest absolute Gasteiger partial charge is 0.241 e. The summed E-state index contributed by atoms with van der Waals surface area (Å²) in [4.78, 5) is 9.77. The number of rotatable bonds is 0. The molecule has 0 aromatic carbocycles. The average Bonchev–Trinajstić information content (AvgIpc) is 1.61. The summed E-state index contributed by atoms with van der Waals surface area (Å²) in [5, 5.41) is 6.64. The minimum absolute atomic E-state index is 0.491. The zero-order valence-corrected chi connectivity index (χ0v) is 2.83. The Labute approximate surface area is 33.4 Å². The maximum Gasteiger partial charge on any atom is 0.400 e. The number of hydrazine groups is 1. The highest BCUT2D eigenvalue weighted by Crippen LogP contribution is 1.97. The summed E-state index contributed by atoms with van der Waals surface area (Å²) in [6.07, 6.45) is 0. The number of nitrogens with two attached hydrogens (primary N) is 1. The number of carbonyl (C=O) groups excluding carboxylic acids is 1. The van der Waals surface area contributed by atoms with E-state index in [2.05, 4.69) is 10.3 Å². The highest BCUT2D eigenvalue weighted by Gasteiger charge is 2.14. The van der Waals surface area contributed by atoms with E-state index in [1.54, 1.807) is 0 Å². The first-order chi connectivity index (χ1) is 2.80. The van der Waals surface area contributed by atoms with Gasteiger partial charge in [-0.25, -0.2) is 10.6 Å². The highest BCUT2D eigenvalue weighted by atomic mass is 16.2. The van der Waals surface area contributed by atoms with E-state index in [-0.39, 0.29) is 0 Å². The van der Waals surface area contributed by atoms with Gasteiger partial charge in [0, 0.05) is 0 Å². The molecule has 0 radical (unpaired) electrons. The van der Waals surface area contributed by atoms with Crippen molar-refractivity contribution in [2.45, 2.75) is 0 Å². The molecule has 0 fully saturated rings. The summed E-state index contributed by atoms with van der Waals surface area (Å²) >= 11 is 0. The Morgan fingerprint density at radius 1 is 1.83 bits per heavy atom. The van der Waals surface area contributed by atoms with Crippen molar-refractivity contribution in [3.05, 3.63) is 0 Å². The minimum atomic E-state index is -0.491. The molecule has 1 rings (SSSR count). The van der Waals surface area contributed by atoms with Gasteiger partial charge in [-0.05, 0) is 5.22 Å². The Balaban J connectivity index is 2.67. The zero-order chi connectivity index (χ0) is 4.57. The Hall–Kier alpha value is -0.970. The van der Waals surface area contributed by atoms with E-state index >= 15 is 0 Å². The van der Waals surface area contributed by atoms with Crippen molar-refractivity contribution in [2.75, 3.05) is 0 Å². The van der Waals surface area contributed by atoms with Gasteiger partial charge in [0.25, 0.3) is 0 Å². The number of nitrogens with zero attached hydrogens (tertiary/aromatic N) is 3. The molecule has 2 amide bonds. The second kappa shape index (κ2) is 0.749. The van der Waals surface area contributed by atoms with Crippen LogP contribution in [0.4, 0.5) is 4.79 Å². The normalized spacial score (nSPS) is 18.2. The van der Waals surface area contributed by atoms with Gasteiger partial charge in [-0.15, -0.1) is 5.12 Å². The van der Waals surface area contributed by atoms with E-state index in [0.29, 0.717) is 5.12 Å². The lowest BCUT2D eigenvalue weighted by Crippen LogP contribution is -2.35. The molecular formula is CH2N4O. The van der Waals surface area contributed by atoms with Crippen LogP contribution in [0, 0.1) is 0 Å². The van der Waals surface area contributed by atoms with Crippen LogP contribution in [0.15, 0.2) is 10.3 Å². The van der Waals surface area contributed by atoms with Crippen LogP contribution in [0.1, 0.15) is 0 Å². The lowest BCUT2D eigenvalue weighted by atomic mass is 11.0.